The predicted molar refractivity (Wildman–Crippen MR) is 110 cm³/mol. The second-order valence-corrected chi connectivity index (χ2v) is 6.71. The van der Waals surface area contributed by atoms with Crippen LogP contribution in [0.25, 0.3) is 0 Å². The molecule has 0 aliphatic heterocycles. The molecule has 0 saturated carbocycles. The van der Waals surface area contributed by atoms with Crippen LogP contribution in [-0.4, -0.2) is 30.0 Å². The highest BCUT2D eigenvalue weighted by Crippen LogP contribution is 2.11. The topological polar surface area (TPSA) is 89.5 Å². The van der Waals surface area contributed by atoms with Crippen LogP contribution < -0.4 is 5.32 Å². The normalized spacial score (nSPS) is 10.3. The third-order valence-electron chi connectivity index (χ3n) is 4.31. The zero-order chi connectivity index (χ0) is 21.2. The molecular weight excluding hydrogens is 370 g/mol. The van der Waals surface area contributed by atoms with E-state index in [2.05, 4.69) is 12.2 Å². The number of Topliss-reactive ketones (excluding diaryl/α,β-unsaturated/α-hetero) is 2. The highest BCUT2D eigenvalue weighted by molar-refractivity contribution is 5.98. The summed E-state index contributed by atoms with van der Waals surface area (Å²) in [4.78, 5) is 47.1. The summed E-state index contributed by atoms with van der Waals surface area (Å²) >= 11 is 0. The molecule has 29 heavy (non-hydrogen) atoms. The molecule has 0 spiro atoms. The zero-order valence-electron chi connectivity index (χ0n) is 16.7. The number of hydrogen-bond donors (Lipinski definition) is 1. The molecule has 0 saturated heterocycles. The fourth-order valence-corrected chi connectivity index (χ4v) is 2.71. The standard InChI is InChI=1S/C23H25NO5/c1-3-4-17-5-7-19(8-6-17)21(26)13-14-23(28)29-15-22(27)24-20-11-9-18(10-12-20)16(2)25/h5-12H,3-4,13-15H2,1-2H3,(H,24,27). The number of amides is 1. The number of rotatable bonds is 10. The van der Waals surface area contributed by atoms with E-state index in [9.17, 15) is 19.2 Å². The Bertz CT molecular complexity index is 869. The number of nitrogens with one attached hydrogen (secondary N) is 1. The fourth-order valence-electron chi connectivity index (χ4n) is 2.71. The van der Waals surface area contributed by atoms with Crippen molar-refractivity contribution in [2.45, 2.75) is 39.5 Å². The van der Waals surface area contributed by atoms with Gasteiger partial charge in [-0.2, -0.15) is 0 Å². The van der Waals surface area contributed by atoms with Gasteiger partial charge in [0.05, 0.1) is 6.42 Å². The average Bonchev–Trinajstić information content (AvgIpc) is 2.71. The lowest BCUT2D eigenvalue weighted by molar-refractivity contribution is -0.147. The molecular formula is C23H25NO5. The predicted octanol–water partition coefficient (Wildman–Crippen LogP) is 3.99. The number of anilines is 1. The van der Waals surface area contributed by atoms with Crippen LogP contribution in [-0.2, 0) is 20.7 Å². The van der Waals surface area contributed by atoms with Gasteiger partial charge in [0.15, 0.2) is 18.2 Å². The Morgan fingerprint density at radius 2 is 1.48 bits per heavy atom. The van der Waals surface area contributed by atoms with Gasteiger partial charge < -0.3 is 10.1 Å². The van der Waals surface area contributed by atoms with Crippen molar-refractivity contribution in [1.29, 1.82) is 0 Å². The van der Waals surface area contributed by atoms with E-state index in [1.807, 2.05) is 12.1 Å². The van der Waals surface area contributed by atoms with Crippen LogP contribution >= 0.6 is 0 Å². The number of carbonyl (C=O) groups is 4. The van der Waals surface area contributed by atoms with Crippen molar-refractivity contribution in [2.24, 2.45) is 0 Å². The Morgan fingerprint density at radius 3 is 2.07 bits per heavy atom. The molecule has 0 aliphatic rings. The summed E-state index contributed by atoms with van der Waals surface area (Å²) in [7, 11) is 0. The van der Waals surface area contributed by atoms with Crippen molar-refractivity contribution < 1.29 is 23.9 Å². The second kappa shape index (κ2) is 10.9. The van der Waals surface area contributed by atoms with Crippen molar-refractivity contribution in [3.8, 4) is 0 Å². The molecule has 2 aromatic carbocycles. The van der Waals surface area contributed by atoms with Gasteiger partial charge in [0, 0.05) is 23.2 Å². The lowest BCUT2D eigenvalue weighted by Crippen LogP contribution is -2.21. The molecule has 0 heterocycles. The van der Waals surface area contributed by atoms with E-state index in [-0.39, 0.29) is 24.4 Å². The summed E-state index contributed by atoms with van der Waals surface area (Å²) < 4.78 is 4.92. The van der Waals surface area contributed by atoms with E-state index in [1.165, 1.54) is 12.5 Å². The van der Waals surface area contributed by atoms with Crippen LogP contribution in [0.3, 0.4) is 0 Å². The van der Waals surface area contributed by atoms with Crippen molar-refractivity contribution >= 4 is 29.1 Å². The van der Waals surface area contributed by atoms with Gasteiger partial charge in [0.25, 0.3) is 5.91 Å². The smallest absolute Gasteiger partial charge is 0.306 e. The number of ether oxygens (including phenoxy) is 1. The second-order valence-electron chi connectivity index (χ2n) is 6.71. The van der Waals surface area contributed by atoms with Crippen LogP contribution in [0.2, 0.25) is 0 Å². The van der Waals surface area contributed by atoms with Crippen LogP contribution in [0.5, 0.6) is 0 Å². The van der Waals surface area contributed by atoms with Gasteiger partial charge in [-0.1, -0.05) is 37.6 Å². The third-order valence-corrected chi connectivity index (χ3v) is 4.31. The van der Waals surface area contributed by atoms with Crippen LogP contribution in [0, 0.1) is 0 Å². The monoisotopic (exact) mass is 395 g/mol. The molecule has 2 rings (SSSR count). The largest absolute Gasteiger partial charge is 0.456 e. The molecule has 0 radical (unpaired) electrons. The number of hydrogen-bond acceptors (Lipinski definition) is 5. The third kappa shape index (κ3) is 7.33. The lowest BCUT2D eigenvalue weighted by Gasteiger charge is -2.07. The minimum absolute atomic E-state index is 0.0279. The number of esters is 1. The first-order valence-corrected chi connectivity index (χ1v) is 9.57. The summed E-state index contributed by atoms with van der Waals surface area (Å²) in [6, 6.07) is 13.8. The Kier molecular flexibility index (Phi) is 8.27. The molecule has 6 nitrogen and oxygen atoms in total. The highest BCUT2D eigenvalue weighted by Gasteiger charge is 2.12. The quantitative estimate of drug-likeness (QED) is 0.485. The van der Waals surface area contributed by atoms with Gasteiger partial charge in [-0.05, 0) is 43.2 Å². The molecule has 2 aromatic rings. The number of carbonyl (C=O) groups excluding carboxylic acids is 4. The van der Waals surface area contributed by atoms with E-state index in [4.69, 9.17) is 4.74 Å². The SMILES string of the molecule is CCCc1ccc(C(=O)CCC(=O)OCC(=O)Nc2ccc(C(C)=O)cc2)cc1. The molecule has 1 N–H and O–H groups in total. The lowest BCUT2D eigenvalue weighted by atomic mass is 10.0. The molecule has 152 valence electrons. The number of aryl methyl sites for hydroxylation is 1. The van der Waals surface area contributed by atoms with Crippen molar-refractivity contribution in [3.63, 3.8) is 0 Å². The van der Waals surface area contributed by atoms with E-state index >= 15 is 0 Å². The molecule has 0 fully saturated rings. The van der Waals surface area contributed by atoms with Gasteiger partial charge >= 0.3 is 5.97 Å². The summed E-state index contributed by atoms with van der Waals surface area (Å²) in [6.45, 7) is 3.11. The van der Waals surface area contributed by atoms with Crippen molar-refractivity contribution in [3.05, 3.63) is 65.2 Å². The van der Waals surface area contributed by atoms with Gasteiger partial charge in [-0.3, -0.25) is 19.2 Å². The summed E-state index contributed by atoms with van der Waals surface area (Å²) in [5.74, 6) is -1.31. The zero-order valence-corrected chi connectivity index (χ0v) is 16.7. The average molecular weight is 395 g/mol. The van der Waals surface area contributed by atoms with E-state index < -0.39 is 18.5 Å². The van der Waals surface area contributed by atoms with Crippen molar-refractivity contribution in [1.82, 2.24) is 0 Å². The number of benzene rings is 2. The van der Waals surface area contributed by atoms with Crippen LogP contribution in [0.15, 0.2) is 48.5 Å². The molecule has 6 heteroatoms. The molecule has 0 unspecified atom stereocenters. The number of ketones is 2. The highest BCUT2D eigenvalue weighted by atomic mass is 16.5. The summed E-state index contributed by atoms with van der Waals surface area (Å²) in [5, 5.41) is 2.58. The first kappa shape index (κ1) is 22.0. The minimum atomic E-state index is -0.608. The van der Waals surface area contributed by atoms with Gasteiger partial charge in [0.1, 0.15) is 0 Å². The first-order chi connectivity index (χ1) is 13.9. The molecule has 0 aliphatic carbocycles. The molecule has 1 amide bonds. The molecule has 0 aromatic heterocycles. The first-order valence-electron chi connectivity index (χ1n) is 9.57. The maximum atomic E-state index is 12.2. The Balaban J connectivity index is 1.72. The molecule has 0 bridgehead atoms. The summed E-state index contributed by atoms with van der Waals surface area (Å²) in [6.07, 6.45) is 1.94. The van der Waals surface area contributed by atoms with Gasteiger partial charge in [-0.15, -0.1) is 0 Å². The van der Waals surface area contributed by atoms with Crippen molar-refractivity contribution in [2.75, 3.05) is 11.9 Å². The maximum absolute atomic E-state index is 12.2. The fraction of sp³-hybridized carbons (Fsp3) is 0.304. The molecule has 0 atom stereocenters. The minimum Gasteiger partial charge on any atom is -0.456 e. The van der Waals surface area contributed by atoms with Gasteiger partial charge in [0.2, 0.25) is 0 Å². The van der Waals surface area contributed by atoms with E-state index in [0.717, 1.165) is 12.8 Å². The Morgan fingerprint density at radius 1 is 0.862 bits per heavy atom. The van der Waals surface area contributed by atoms with Crippen LogP contribution in [0.4, 0.5) is 5.69 Å². The van der Waals surface area contributed by atoms with Crippen LogP contribution in [0.1, 0.15) is 59.4 Å². The summed E-state index contributed by atoms with van der Waals surface area (Å²) in [5.41, 5.74) is 2.77. The Hall–Kier alpha value is -3.28. The van der Waals surface area contributed by atoms with E-state index in [1.54, 1.807) is 36.4 Å². The Labute approximate surface area is 170 Å². The maximum Gasteiger partial charge on any atom is 0.306 e. The van der Waals surface area contributed by atoms with Gasteiger partial charge in [-0.25, -0.2) is 0 Å². The van der Waals surface area contributed by atoms with E-state index in [0.29, 0.717) is 16.8 Å².